The van der Waals surface area contributed by atoms with Gasteiger partial charge in [-0.2, -0.15) is 0 Å². The number of hydrogen-bond donors (Lipinski definition) is 0. The second-order valence-corrected chi connectivity index (χ2v) is 4.84. The van der Waals surface area contributed by atoms with Crippen LogP contribution in [0.3, 0.4) is 0 Å². The van der Waals surface area contributed by atoms with Crippen molar-refractivity contribution in [3.63, 3.8) is 0 Å². The third kappa shape index (κ3) is 1.61. The standard InChI is InChI=1S/C14H9BrO3/c1-17-11-4-2-3-10-13(16)9-6-5-8(15)7-12(9)18-14(10)11/h2-7H,1H3/p+1. The molecule has 0 radical (unpaired) electrons. The minimum absolute atomic E-state index is 0.206. The van der Waals surface area contributed by atoms with Crippen LogP contribution in [0.25, 0.3) is 21.9 Å². The summed E-state index contributed by atoms with van der Waals surface area (Å²) >= 11 is 3.38. The van der Waals surface area contributed by atoms with E-state index < -0.39 is 0 Å². The monoisotopic (exact) mass is 305 g/mol. The first kappa shape index (κ1) is 11.3. The summed E-state index contributed by atoms with van der Waals surface area (Å²) in [5.41, 5.74) is 1.36. The third-order valence-corrected chi connectivity index (χ3v) is 3.36. The third-order valence-electron chi connectivity index (χ3n) is 2.86. The highest BCUT2D eigenvalue weighted by atomic mass is 79.9. The van der Waals surface area contributed by atoms with E-state index in [1.165, 1.54) is 0 Å². The summed E-state index contributed by atoms with van der Waals surface area (Å²) in [5.74, 6) is 0.602. The Labute approximate surface area is 111 Å². The second-order valence-electron chi connectivity index (χ2n) is 3.93. The molecule has 0 atom stereocenters. The summed E-state index contributed by atoms with van der Waals surface area (Å²) in [7, 11) is 1.58. The Hall–Kier alpha value is -1.81. The Kier molecular flexibility index (Phi) is 2.59. The molecule has 0 aliphatic carbocycles. The molecule has 3 nitrogen and oxygen atoms in total. The van der Waals surface area contributed by atoms with E-state index in [1.807, 2.05) is 24.3 Å². The molecule has 0 bridgehead atoms. The fraction of sp³-hybridized carbons (Fsp3) is 0.0714. The number of methoxy groups -OCH3 is 1. The maximum atomic E-state index is 10.3. The van der Waals surface area contributed by atoms with Crippen molar-refractivity contribution in [2.24, 2.45) is 0 Å². The largest absolute Gasteiger partial charge is 0.493 e. The number of ether oxygens (including phenoxy) is 1. The van der Waals surface area contributed by atoms with E-state index in [4.69, 9.17) is 9.15 Å². The minimum atomic E-state index is 0.206. The molecule has 0 saturated carbocycles. The molecule has 1 N–H and O–H groups in total. The molecule has 0 saturated heterocycles. The number of halogens is 1. The van der Waals surface area contributed by atoms with Gasteiger partial charge in [-0.25, -0.2) is 0 Å². The van der Waals surface area contributed by atoms with E-state index in [9.17, 15) is 4.79 Å². The minimum Gasteiger partial charge on any atom is -0.493 e. The van der Waals surface area contributed by atoms with Crippen LogP contribution in [0, 0.1) is 0 Å². The van der Waals surface area contributed by atoms with E-state index in [-0.39, 0.29) is 5.43 Å². The molecular weight excluding hydrogens is 296 g/mol. The lowest BCUT2D eigenvalue weighted by Crippen LogP contribution is -2.04. The first-order valence-electron chi connectivity index (χ1n) is 5.42. The molecule has 0 unspecified atom stereocenters. The van der Waals surface area contributed by atoms with Gasteiger partial charge in [0.1, 0.15) is 16.4 Å². The molecule has 0 aliphatic heterocycles. The summed E-state index contributed by atoms with van der Waals surface area (Å²) in [4.78, 5) is 10.3. The fourth-order valence-electron chi connectivity index (χ4n) is 2.00. The summed E-state index contributed by atoms with van der Waals surface area (Å²) in [6.07, 6.45) is 0. The summed E-state index contributed by atoms with van der Waals surface area (Å²) in [6, 6.07) is 10.9. The first-order valence-corrected chi connectivity index (χ1v) is 6.21. The molecule has 1 aromatic heterocycles. The molecule has 2 aromatic carbocycles. The van der Waals surface area contributed by atoms with Gasteiger partial charge in [0.15, 0.2) is 11.3 Å². The Morgan fingerprint density at radius 1 is 1.17 bits per heavy atom. The van der Waals surface area contributed by atoms with Crippen LogP contribution in [-0.4, -0.2) is 11.9 Å². The zero-order chi connectivity index (χ0) is 12.7. The van der Waals surface area contributed by atoms with Crippen LogP contribution < -0.4 is 10.2 Å². The van der Waals surface area contributed by atoms with Crippen molar-refractivity contribution in [1.29, 1.82) is 0 Å². The van der Waals surface area contributed by atoms with Gasteiger partial charge in [-0.3, -0.25) is 4.79 Å². The Morgan fingerprint density at radius 2 is 2.00 bits per heavy atom. The van der Waals surface area contributed by atoms with Crippen LogP contribution in [0.2, 0.25) is 0 Å². The predicted molar refractivity (Wildman–Crippen MR) is 73.0 cm³/mol. The lowest BCUT2D eigenvalue weighted by molar-refractivity contribution is 0.411. The van der Waals surface area contributed by atoms with Gasteiger partial charge in [0, 0.05) is 4.47 Å². The van der Waals surface area contributed by atoms with Gasteiger partial charge in [0.2, 0.25) is 0 Å². The van der Waals surface area contributed by atoms with Gasteiger partial charge >= 0.3 is 5.43 Å². The van der Waals surface area contributed by atoms with Crippen molar-refractivity contribution in [2.45, 2.75) is 0 Å². The van der Waals surface area contributed by atoms with Gasteiger partial charge in [-0.15, -0.1) is 0 Å². The van der Waals surface area contributed by atoms with E-state index in [1.54, 1.807) is 19.2 Å². The van der Waals surface area contributed by atoms with Crippen molar-refractivity contribution in [3.8, 4) is 5.75 Å². The predicted octanol–water partition coefficient (Wildman–Crippen LogP) is 3.36. The topological polar surface area (TPSA) is 43.8 Å². The van der Waals surface area contributed by atoms with Gasteiger partial charge in [-0.1, -0.05) is 22.0 Å². The average molecular weight is 306 g/mol. The quantitative estimate of drug-likeness (QED) is 0.511. The zero-order valence-corrected chi connectivity index (χ0v) is 11.2. The van der Waals surface area contributed by atoms with Gasteiger partial charge in [0.05, 0.1) is 7.11 Å². The summed E-state index contributed by atoms with van der Waals surface area (Å²) < 4.78 is 12.0. The normalized spacial score (nSPS) is 11.0. The number of hydrogen-bond acceptors (Lipinski definition) is 2. The maximum absolute atomic E-state index is 10.3. The lowest BCUT2D eigenvalue weighted by Gasteiger charge is -2.04. The molecule has 3 aromatic rings. The van der Waals surface area contributed by atoms with Crippen LogP contribution >= 0.6 is 15.9 Å². The average Bonchev–Trinajstić information content (AvgIpc) is 2.38. The van der Waals surface area contributed by atoms with Gasteiger partial charge in [-0.05, 0) is 30.3 Å². The summed E-state index contributed by atoms with van der Waals surface area (Å²) in [6.45, 7) is 0. The molecule has 0 amide bonds. The lowest BCUT2D eigenvalue weighted by atomic mass is 10.1. The highest BCUT2D eigenvalue weighted by molar-refractivity contribution is 9.10. The van der Waals surface area contributed by atoms with Crippen molar-refractivity contribution in [3.05, 3.63) is 46.3 Å². The van der Waals surface area contributed by atoms with Crippen molar-refractivity contribution in [2.75, 3.05) is 7.11 Å². The highest BCUT2D eigenvalue weighted by Crippen LogP contribution is 2.27. The molecule has 0 aliphatic rings. The van der Waals surface area contributed by atoms with Crippen LogP contribution in [0.5, 0.6) is 5.75 Å². The molecule has 0 fully saturated rings. The number of para-hydroxylation sites is 1. The van der Waals surface area contributed by atoms with Crippen LogP contribution in [-0.2, 0) is 0 Å². The van der Waals surface area contributed by atoms with Crippen LogP contribution in [0.15, 0.2) is 45.3 Å². The number of fused-ring (bicyclic) bond motifs is 2. The smallest absolute Gasteiger partial charge is 0.362 e. The van der Waals surface area contributed by atoms with Gasteiger partial charge < -0.3 is 9.15 Å². The molecule has 18 heavy (non-hydrogen) atoms. The second kappa shape index (κ2) is 4.14. The van der Waals surface area contributed by atoms with Crippen molar-refractivity contribution < 1.29 is 13.9 Å². The van der Waals surface area contributed by atoms with Crippen LogP contribution in [0.4, 0.5) is 0 Å². The van der Waals surface area contributed by atoms with E-state index in [2.05, 4.69) is 15.9 Å². The first-order chi connectivity index (χ1) is 8.70. The Morgan fingerprint density at radius 3 is 2.78 bits per heavy atom. The van der Waals surface area contributed by atoms with E-state index in [0.717, 1.165) is 4.47 Å². The zero-order valence-electron chi connectivity index (χ0n) is 9.61. The van der Waals surface area contributed by atoms with Gasteiger partial charge in [0.25, 0.3) is 0 Å². The van der Waals surface area contributed by atoms with Crippen LogP contribution in [0.1, 0.15) is 0 Å². The number of rotatable bonds is 1. The molecular formula is C14H10BrO3+. The Balaban J connectivity index is 2.56. The fourth-order valence-corrected chi connectivity index (χ4v) is 2.34. The molecule has 4 heteroatoms. The molecule has 1 heterocycles. The SMILES string of the molecule is COc1cccc2c(=[OH+])c3ccc(Br)cc3oc12. The summed E-state index contributed by atoms with van der Waals surface area (Å²) in [5, 5.41) is 1.32. The van der Waals surface area contributed by atoms with Crippen molar-refractivity contribution in [1.82, 2.24) is 0 Å². The molecule has 90 valence electrons. The van der Waals surface area contributed by atoms with Crippen molar-refractivity contribution >= 4 is 37.9 Å². The molecule has 0 spiro atoms. The molecule has 3 rings (SSSR count). The maximum Gasteiger partial charge on any atom is 0.362 e. The Bertz CT molecular complexity index is 805. The number of benzene rings is 2. The van der Waals surface area contributed by atoms with E-state index in [0.29, 0.717) is 27.7 Å². The highest BCUT2D eigenvalue weighted by Gasteiger charge is 2.14. The van der Waals surface area contributed by atoms with E-state index >= 15 is 0 Å².